The van der Waals surface area contributed by atoms with Crippen molar-refractivity contribution in [3.8, 4) is 5.69 Å². The van der Waals surface area contributed by atoms with Gasteiger partial charge >= 0.3 is 0 Å². The molecule has 0 radical (unpaired) electrons. The third-order valence-corrected chi connectivity index (χ3v) is 8.05. The third-order valence-electron chi connectivity index (χ3n) is 5.98. The summed E-state index contributed by atoms with van der Waals surface area (Å²) in [4.78, 5) is 0. The Kier molecular flexibility index (Phi) is 4.60. The fourth-order valence-corrected chi connectivity index (χ4v) is 5.51. The Labute approximate surface area is 179 Å². The molecule has 1 aromatic heterocycles. The molecule has 30 heavy (non-hydrogen) atoms. The highest BCUT2D eigenvalue weighted by Gasteiger charge is 2.16. The van der Waals surface area contributed by atoms with E-state index in [0.29, 0.717) is 0 Å². The summed E-state index contributed by atoms with van der Waals surface area (Å²) >= 11 is 0. The van der Waals surface area contributed by atoms with Crippen LogP contribution in [0.5, 0.6) is 0 Å². The molecule has 0 spiro atoms. The van der Waals surface area contributed by atoms with Gasteiger partial charge in [-0.25, -0.2) is 0 Å². The van der Waals surface area contributed by atoms with E-state index in [1.54, 1.807) is 0 Å². The predicted molar refractivity (Wildman–Crippen MR) is 133 cm³/mol. The van der Waals surface area contributed by atoms with Gasteiger partial charge in [0.2, 0.25) is 0 Å². The van der Waals surface area contributed by atoms with Crippen LogP contribution in [0.15, 0.2) is 97.1 Å². The SMILES string of the molecule is C[Si](C)(C)c1ccc(Cc2ccc3c4ccccc4n(-c4ccccc4)c3c2)cc1. The Bertz CT molecular complexity index is 1320. The lowest BCUT2D eigenvalue weighted by molar-refractivity contribution is 1.16. The molecule has 0 unspecified atom stereocenters. The molecular weight excluding hydrogens is 378 g/mol. The summed E-state index contributed by atoms with van der Waals surface area (Å²) in [6, 6.07) is 35.6. The Hall–Kier alpha value is -3.10. The van der Waals surface area contributed by atoms with E-state index in [4.69, 9.17) is 0 Å². The first kappa shape index (κ1) is 18.9. The molecule has 1 nitrogen and oxygen atoms in total. The summed E-state index contributed by atoms with van der Waals surface area (Å²) in [5.41, 5.74) is 6.47. The van der Waals surface area contributed by atoms with E-state index in [1.807, 2.05) is 0 Å². The van der Waals surface area contributed by atoms with E-state index in [0.717, 1.165) is 6.42 Å². The minimum absolute atomic E-state index is 0.957. The average Bonchev–Trinajstić information content (AvgIpc) is 3.08. The van der Waals surface area contributed by atoms with Gasteiger partial charge in [-0.1, -0.05) is 97.6 Å². The maximum Gasteiger partial charge on any atom is 0.0775 e. The van der Waals surface area contributed by atoms with Crippen molar-refractivity contribution in [2.24, 2.45) is 0 Å². The van der Waals surface area contributed by atoms with Crippen LogP contribution in [0.4, 0.5) is 0 Å². The molecule has 1 heterocycles. The summed E-state index contributed by atoms with van der Waals surface area (Å²) in [7, 11) is -1.25. The van der Waals surface area contributed by atoms with Gasteiger partial charge in [-0.15, -0.1) is 0 Å². The summed E-state index contributed by atoms with van der Waals surface area (Å²) < 4.78 is 2.39. The maximum absolute atomic E-state index is 2.40. The lowest BCUT2D eigenvalue weighted by Crippen LogP contribution is -2.37. The second-order valence-electron chi connectivity index (χ2n) is 9.16. The molecule has 148 valence electrons. The van der Waals surface area contributed by atoms with Crippen LogP contribution in [0.2, 0.25) is 19.6 Å². The summed E-state index contributed by atoms with van der Waals surface area (Å²) in [5.74, 6) is 0. The van der Waals surface area contributed by atoms with E-state index in [-0.39, 0.29) is 0 Å². The first-order valence-electron chi connectivity index (χ1n) is 10.7. The highest BCUT2D eigenvalue weighted by molar-refractivity contribution is 6.88. The molecule has 5 aromatic rings. The second kappa shape index (κ2) is 7.30. The Balaban J connectivity index is 1.61. The molecule has 0 aliphatic carbocycles. The van der Waals surface area contributed by atoms with Crippen LogP contribution in [0, 0.1) is 0 Å². The maximum atomic E-state index is 2.40. The van der Waals surface area contributed by atoms with Crippen molar-refractivity contribution in [2.45, 2.75) is 26.1 Å². The molecule has 4 aromatic carbocycles. The van der Waals surface area contributed by atoms with Crippen molar-refractivity contribution >= 4 is 35.1 Å². The number of para-hydroxylation sites is 2. The molecule has 0 amide bonds. The summed E-state index contributed by atoms with van der Waals surface area (Å²) in [6.45, 7) is 7.20. The highest BCUT2D eigenvalue weighted by atomic mass is 28.3. The molecule has 5 rings (SSSR count). The first-order valence-corrected chi connectivity index (χ1v) is 14.2. The lowest BCUT2D eigenvalue weighted by Gasteiger charge is -2.16. The Morgan fingerprint density at radius 1 is 0.600 bits per heavy atom. The fourth-order valence-electron chi connectivity index (χ4n) is 4.34. The minimum Gasteiger partial charge on any atom is -0.309 e. The zero-order chi connectivity index (χ0) is 20.7. The van der Waals surface area contributed by atoms with Gasteiger partial charge in [0.25, 0.3) is 0 Å². The molecule has 0 bridgehead atoms. The summed E-state index contributed by atoms with van der Waals surface area (Å²) in [5, 5.41) is 4.14. The van der Waals surface area contributed by atoms with Gasteiger partial charge in [-0.3, -0.25) is 0 Å². The molecule has 0 saturated carbocycles. The molecule has 2 heteroatoms. The topological polar surface area (TPSA) is 4.93 Å². The largest absolute Gasteiger partial charge is 0.309 e. The van der Waals surface area contributed by atoms with Crippen molar-refractivity contribution in [2.75, 3.05) is 0 Å². The van der Waals surface area contributed by atoms with Crippen molar-refractivity contribution in [3.63, 3.8) is 0 Å². The Morgan fingerprint density at radius 2 is 1.23 bits per heavy atom. The van der Waals surface area contributed by atoms with Crippen molar-refractivity contribution < 1.29 is 0 Å². The number of nitrogens with zero attached hydrogens (tertiary/aromatic N) is 1. The molecule has 0 aliphatic rings. The number of fused-ring (bicyclic) bond motifs is 3. The fraction of sp³-hybridized carbons (Fsp3) is 0.143. The highest BCUT2D eigenvalue weighted by Crippen LogP contribution is 2.32. The van der Waals surface area contributed by atoms with Crippen LogP contribution in [-0.4, -0.2) is 12.6 Å². The lowest BCUT2D eigenvalue weighted by atomic mass is 10.0. The van der Waals surface area contributed by atoms with Gasteiger partial charge in [0.15, 0.2) is 0 Å². The molecule has 0 fully saturated rings. The predicted octanol–water partition coefficient (Wildman–Crippen LogP) is 6.92. The number of benzene rings is 4. The van der Waals surface area contributed by atoms with Gasteiger partial charge in [0.1, 0.15) is 0 Å². The second-order valence-corrected chi connectivity index (χ2v) is 14.2. The molecule has 0 saturated heterocycles. The standard InChI is InChI=1S/C28H27NSi/c1-30(2,3)24-16-13-21(14-17-24)19-22-15-18-26-25-11-7-8-12-27(25)29(28(26)20-22)23-9-5-4-6-10-23/h4-18,20H,19H2,1-3H3. The van der Waals surface area contributed by atoms with Crippen LogP contribution >= 0.6 is 0 Å². The third kappa shape index (κ3) is 3.38. The van der Waals surface area contributed by atoms with E-state index in [1.165, 1.54) is 43.8 Å². The quantitative estimate of drug-likeness (QED) is 0.286. The molecular formula is C28H27NSi. The molecule has 0 atom stereocenters. The number of rotatable bonds is 4. The minimum atomic E-state index is -1.25. The van der Waals surface area contributed by atoms with Crippen LogP contribution in [0.1, 0.15) is 11.1 Å². The Morgan fingerprint density at radius 3 is 1.97 bits per heavy atom. The van der Waals surface area contributed by atoms with E-state index < -0.39 is 8.07 Å². The monoisotopic (exact) mass is 405 g/mol. The molecule has 0 N–H and O–H groups in total. The zero-order valence-corrected chi connectivity index (χ0v) is 18.9. The van der Waals surface area contributed by atoms with Gasteiger partial charge in [-0.05, 0) is 41.8 Å². The van der Waals surface area contributed by atoms with Gasteiger partial charge in [0.05, 0.1) is 19.1 Å². The van der Waals surface area contributed by atoms with Crippen LogP contribution in [-0.2, 0) is 6.42 Å². The zero-order valence-electron chi connectivity index (χ0n) is 17.9. The van der Waals surface area contributed by atoms with E-state index >= 15 is 0 Å². The number of aromatic nitrogens is 1. The van der Waals surface area contributed by atoms with Crippen molar-refractivity contribution in [3.05, 3.63) is 108 Å². The number of hydrogen-bond donors (Lipinski definition) is 0. The molecule has 0 aliphatic heterocycles. The van der Waals surface area contributed by atoms with Crippen molar-refractivity contribution in [1.82, 2.24) is 4.57 Å². The van der Waals surface area contributed by atoms with E-state index in [2.05, 4.69) is 121 Å². The van der Waals surface area contributed by atoms with Gasteiger partial charge < -0.3 is 4.57 Å². The average molecular weight is 406 g/mol. The van der Waals surface area contributed by atoms with Gasteiger partial charge in [0, 0.05) is 16.5 Å². The normalized spacial score (nSPS) is 12.0. The van der Waals surface area contributed by atoms with Gasteiger partial charge in [-0.2, -0.15) is 0 Å². The van der Waals surface area contributed by atoms with Crippen molar-refractivity contribution in [1.29, 1.82) is 0 Å². The first-order chi connectivity index (χ1) is 14.5. The van der Waals surface area contributed by atoms with Crippen LogP contribution < -0.4 is 5.19 Å². The van der Waals surface area contributed by atoms with Crippen LogP contribution in [0.25, 0.3) is 27.5 Å². The van der Waals surface area contributed by atoms with E-state index in [9.17, 15) is 0 Å². The smallest absolute Gasteiger partial charge is 0.0775 e. The summed E-state index contributed by atoms with van der Waals surface area (Å²) in [6.07, 6.45) is 0.957. The van der Waals surface area contributed by atoms with Crippen LogP contribution in [0.3, 0.4) is 0 Å². The number of hydrogen-bond acceptors (Lipinski definition) is 0.